The van der Waals surface area contributed by atoms with Crippen LogP contribution < -0.4 is 4.74 Å². The van der Waals surface area contributed by atoms with Gasteiger partial charge in [0.15, 0.2) is 0 Å². The van der Waals surface area contributed by atoms with E-state index in [1.807, 2.05) is 0 Å². The molecule has 0 radical (unpaired) electrons. The third-order valence-electron chi connectivity index (χ3n) is 10.2. The van der Waals surface area contributed by atoms with Crippen molar-refractivity contribution in [3.05, 3.63) is 39.7 Å². The molecule has 242 valence electrons. The molecule has 1 aromatic heterocycles. The van der Waals surface area contributed by atoms with Gasteiger partial charge >= 0.3 is 5.97 Å². The van der Waals surface area contributed by atoms with Crippen LogP contribution in [0.5, 0.6) is 5.75 Å². The third kappa shape index (κ3) is 5.57. The molecular weight excluding hydrogens is 612 g/mol. The number of amides is 2. The Hall–Kier alpha value is -3.61. The Morgan fingerprint density at radius 3 is 2.60 bits per heavy atom. The monoisotopic (exact) mass is 647 g/mol. The lowest BCUT2D eigenvalue weighted by Crippen LogP contribution is -2.54. The molecule has 0 unspecified atom stereocenters. The van der Waals surface area contributed by atoms with Crippen molar-refractivity contribution < 1.29 is 37.4 Å². The van der Waals surface area contributed by atoms with Crippen LogP contribution in [-0.2, 0) is 44.0 Å². The van der Waals surface area contributed by atoms with Gasteiger partial charge in [-0.1, -0.05) is 16.8 Å². The van der Waals surface area contributed by atoms with Crippen molar-refractivity contribution in [3.8, 4) is 5.75 Å². The van der Waals surface area contributed by atoms with E-state index in [-0.39, 0.29) is 73.4 Å². The minimum Gasteiger partial charge on any atom is -0.487 e. The zero-order valence-electron chi connectivity index (χ0n) is 25.5. The average Bonchev–Trinajstić information content (AvgIpc) is 3.54. The number of Topliss-reactive ketones (excluding diaryl/α,β-unsaturated/α-hetero) is 1. The minimum absolute atomic E-state index is 0.00935. The molecule has 0 N–H and O–H groups in total. The predicted molar refractivity (Wildman–Crippen MR) is 155 cm³/mol. The van der Waals surface area contributed by atoms with Crippen molar-refractivity contribution in [2.24, 2.45) is 23.8 Å². The van der Waals surface area contributed by atoms with E-state index in [4.69, 9.17) is 21.1 Å². The number of aromatic nitrogens is 3. The van der Waals surface area contributed by atoms with E-state index in [2.05, 4.69) is 10.3 Å². The number of aryl methyl sites for hydroxylation is 1. The Bertz CT molecular complexity index is 1560. The van der Waals surface area contributed by atoms with Gasteiger partial charge in [-0.3, -0.25) is 19.2 Å². The maximum Gasteiger partial charge on any atom is 0.312 e. The van der Waals surface area contributed by atoms with E-state index in [1.54, 1.807) is 28.9 Å². The number of nitrogens with zero attached hydrogens (tertiary/aromatic N) is 5. The molecule has 4 aliphatic rings. The number of esters is 1. The summed E-state index contributed by atoms with van der Waals surface area (Å²) in [6.45, 7) is 2.29. The summed E-state index contributed by atoms with van der Waals surface area (Å²) in [7, 11) is 2.64. The molecule has 1 spiro atoms. The van der Waals surface area contributed by atoms with E-state index >= 15 is 0 Å². The van der Waals surface area contributed by atoms with Crippen molar-refractivity contribution in [2.75, 3.05) is 26.7 Å². The highest BCUT2D eigenvalue weighted by molar-refractivity contribution is 6.31. The molecule has 3 heterocycles. The van der Waals surface area contributed by atoms with Crippen LogP contribution in [0.1, 0.15) is 80.4 Å². The fraction of sp³-hybridized carbons (Fsp3) is 0.613. The Morgan fingerprint density at radius 1 is 1.18 bits per heavy atom. The summed E-state index contributed by atoms with van der Waals surface area (Å²) < 4.78 is 39.7. The number of methoxy groups -OCH3 is 1. The number of benzene rings is 1. The Morgan fingerprint density at radius 2 is 1.93 bits per heavy atom. The molecule has 2 amide bonds. The van der Waals surface area contributed by atoms with Gasteiger partial charge < -0.3 is 19.3 Å². The van der Waals surface area contributed by atoms with Crippen molar-refractivity contribution in [1.29, 1.82) is 0 Å². The van der Waals surface area contributed by atoms with Gasteiger partial charge in [0.05, 0.1) is 24.5 Å². The van der Waals surface area contributed by atoms with Gasteiger partial charge in [-0.25, -0.2) is 13.5 Å². The first-order valence-electron chi connectivity index (χ1n) is 15.2. The van der Waals surface area contributed by atoms with Gasteiger partial charge in [0, 0.05) is 56.5 Å². The number of likely N-dealkylation sites (tertiary alicyclic amines) is 1. The van der Waals surface area contributed by atoms with Crippen LogP contribution in [0.3, 0.4) is 0 Å². The number of hydrogen-bond donors (Lipinski definition) is 0. The highest BCUT2D eigenvalue weighted by Gasteiger charge is 2.54. The van der Waals surface area contributed by atoms with Gasteiger partial charge in [0.25, 0.3) is 6.43 Å². The number of fused-ring (bicyclic) bond motifs is 1. The second-order valence-corrected chi connectivity index (χ2v) is 13.4. The first-order chi connectivity index (χ1) is 21.4. The van der Waals surface area contributed by atoms with Crippen molar-refractivity contribution in [3.63, 3.8) is 0 Å². The molecule has 2 aliphatic heterocycles. The van der Waals surface area contributed by atoms with Gasteiger partial charge in [-0.05, 0) is 55.7 Å². The number of hydrogen-bond acceptors (Lipinski definition) is 8. The maximum absolute atomic E-state index is 14.5. The van der Waals surface area contributed by atoms with Crippen LogP contribution in [0, 0.1) is 16.7 Å². The van der Waals surface area contributed by atoms with Crippen LogP contribution in [0.4, 0.5) is 8.78 Å². The summed E-state index contributed by atoms with van der Waals surface area (Å²) in [4.78, 5) is 56.8. The predicted octanol–water partition coefficient (Wildman–Crippen LogP) is 3.97. The summed E-state index contributed by atoms with van der Waals surface area (Å²) in [6, 6.07) is 2.55. The number of halogens is 3. The number of alkyl halides is 2. The van der Waals surface area contributed by atoms with Crippen LogP contribution in [-0.4, -0.2) is 75.1 Å². The van der Waals surface area contributed by atoms with E-state index in [9.17, 15) is 28.0 Å². The van der Waals surface area contributed by atoms with Gasteiger partial charge in [0.2, 0.25) is 11.8 Å². The van der Waals surface area contributed by atoms with Crippen molar-refractivity contribution in [2.45, 2.75) is 70.9 Å². The molecule has 14 heteroatoms. The summed E-state index contributed by atoms with van der Waals surface area (Å²) in [6.07, 6.45) is 0.145. The molecular formula is C31H36ClF2N5O6. The van der Waals surface area contributed by atoms with Crippen LogP contribution in [0.15, 0.2) is 12.1 Å². The molecule has 3 atom stereocenters. The number of carbonyl (C=O) groups is 4. The molecule has 2 aliphatic carbocycles. The first kappa shape index (κ1) is 31.4. The lowest BCUT2D eigenvalue weighted by Gasteiger charge is -2.45. The van der Waals surface area contributed by atoms with E-state index in [1.165, 1.54) is 14.2 Å². The SMILES string of the molecule is COC(=O)[C@@]1(C)CCC(=O)C[C@H]1C(=O)N1CCc2c(Cl)ccc(OCc3nnn(C)c3C(F)F)c2[C@H]1CN1CC2(CC2)CC1=O. The molecule has 0 bridgehead atoms. The lowest BCUT2D eigenvalue weighted by molar-refractivity contribution is -0.166. The highest BCUT2D eigenvalue weighted by atomic mass is 35.5. The Kier molecular flexibility index (Phi) is 8.11. The van der Waals surface area contributed by atoms with Gasteiger partial charge in [-0.2, -0.15) is 0 Å². The summed E-state index contributed by atoms with van der Waals surface area (Å²) in [5, 5.41) is 8.02. The number of rotatable bonds is 8. The Balaban J connectivity index is 1.39. The number of ether oxygens (including phenoxy) is 2. The quantitative estimate of drug-likeness (QED) is 0.395. The molecule has 2 saturated carbocycles. The Labute approximate surface area is 264 Å². The fourth-order valence-corrected chi connectivity index (χ4v) is 7.58. The summed E-state index contributed by atoms with van der Waals surface area (Å²) >= 11 is 6.70. The third-order valence-corrected chi connectivity index (χ3v) is 10.6. The topological polar surface area (TPSA) is 124 Å². The summed E-state index contributed by atoms with van der Waals surface area (Å²) in [5.74, 6) is -1.72. The van der Waals surface area contributed by atoms with Gasteiger partial charge in [-0.15, -0.1) is 5.10 Å². The second kappa shape index (κ2) is 11.6. The fourth-order valence-electron chi connectivity index (χ4n) is 7.32. The standard InChI is InChI=1S/C31H36ClF2N5O6/c1-30(29(43)44-3)8-6-17(40)12-19(30)28(42)39-11-7-18-20(32)4-5-23(45-15-21-26(27(33)34)37(2)36-35-21)25(18)22(39)14-38-16-31(9-10-31)13-24(38)41/h4-5,19,22,27H,6-16H2,1-3H3/t19-,22+,30-/m0/s1. The maximum atomic E-state index is 14.5. The largest absolute Gasteiger partial charge is 0.487 e. The molecule has 1 saturated heterocycles. The zero-order valence-corrected chi connectivity index (χ0v) is 26.2. The minimum atomic E-state index is -2.82. The second-order valence-electron chi connectivity index (χ2n) is 13.0. The molecule has 3 fully saturated rings. The van der Waals surface area contributed by atoms with E-state index in [0.717, 1.165) is 23.1 Å². The average molecular weight is 648 g/mol. The number of ketones is 1. The molecule has 6 rings (SSSR count). The summed E-state index contributed by atoms with van der Waals surface area (Å²) in [5.41, 5.74) is -0.356. The van der Waals surface area contributed by atoms with Crippen LogP contribution in [0.2, 0.25) is 5.02 Å². The first-order valence-corrected chi connectivity index (χ1v) is 15.5. The highest BCUT2D eigenvalue weighted by Crippen LogP contribution is 2.54. The van der Waals surface area contributed by atoms with Crippen LogP contribution in [0.25, 0.3) is 0 Å². The number of carbonyl (C=O) groups excluding carboxylic acids is 4. The van der Waals surface area contributed by atoms with Crippen molar-refractivity contribution in [1.82, 2.24) is 24.8 Å². The molecule has 45 heavy (non-hydrogen) atoms. The zero-order chi connectivity index (χ0) is 32.3. The van der Waals surface area contributed by atoms with E-state index < -0.39 is 29.8 Å². The lowest BCUT2D eigenvalue weighted by atomic mass is 9.66. The molecule has 1 aromatic carbocycles. The van der Waals surface area contributed by atoms with Gasteiger partial charge in [0.1, 0.15) is 29.5 Å². The van der Waals surface area contributed by atoms with Crippen molar-refractivity contribution >= 4 is 35.2 Å². The van der Waals surface area contributed by atoms with Crippen LogP contribution >= 0.6 is 11.6 Å². The molecule has 11 nitrogen and oxygen atoms in total. The normalized spacial score (nSPS) is 25.6. The smallest absolute Gasteiger partial charge is 0.312 e. The molecule has 2 aromatic rings. The van der Waals surface area contributed by atoms with E-state index in [0.29, 0.717) is 35.7 Å².